The molecule has 2 amide bonds. The molecule has 0 bridgehead atoms. The third-order valence-electron chi connectivity index (χ3n) is 4.78. The van der Waals surface area contributed by atoms with Crippen molar-refractivity contribution in [1.82, 2.24) is 9.80 Å². The maximum atomic E-state index is 13.1. The molecule has 0 atom stereocenters. The van der Waals surface area contributed by atoms with Gasteiger partial charge in [0.15, 0.2) is 0 Å². The molecular weight excluding hydrogens is 389 g/mol. The highest BCUT2D eigenvalue weighted by Gasteiger charge is 2.28. The van der Waals surface area contributed by atoms with Gasteiger partial charge < -0.3 is 15.1 Å². The molecule has 7 heteroatoms. The number of amides is 2. The van der Waals surface area contributed by atoms with Gasteiger partial charge in [-0.3, -0.25) is 0 Å². The van der Waals surface area contributed by atoms with E-state index >= 15 is 0 Å². The Labute approximate surface area is 168 Å². The van der Waals surface area contributed by atoms with Crippen molar-refractivity contribution in [2.24, 2.45) is 0 Å². The van der Waals surface area contributed by atoms with E-state index in [1.807, 2.05) is 16.3 Å². The zero-order chi connectivity index (χ0) is 18.5. The van der Waals surface area contributed by atoms with Crippen LogP contribution in [0.1, 0.15) is 24.6 Å². The van der Waals surface area contributed by atoms with Gasteiger partial charge in [0.05, 0.1) is 17.3 Å². The lowest BCUT2D eigenvalue weighted by molar-refractivity contribution is 0.127. The van der Waals surface area contributed by atoms with Crippen LogP contribution in [0.3, 0.4) is 0 Å². The summed E-state index contributed by atoms with van der Waals surface area (Å²) in [4.78, 5) is 18.6. The van der Waals surface area contributed by atoms with Crippen molar-refractivity contribution in [2.75, 3.05) is 25.0 Å². The summed E-state index contributed by atoms with van der Waals surface area (Å²) in [6.07, 6.45) is 1.96. The van der Waals surface area contributed by atoms with Gasteiger partial charge in [-0.05, 0) is 49.0 Å². The smallest absolute Gasteiger partial charge is 0.316 e. The first kappa shape index (κ1) is 19.5. The minimum absolute atomic E-state index is 0.127. The molecule has 26 heavy (non-hydrogen) atoms. The second kappa shape index (κ2) is 9.09. The number of hydrogen-bond acceptors (Lipinski definition) is 3. The van der Waals surface area contributed by atoms with Crippen molar-refractivity contribution in [3.05, 3.63) is 50.6 Å². The monoisotopic (exact) mass is 411 g/mol. The molecule has 1 saturated heterocycles. The summed E-state index contributed by atoms with van der Waals surface area (Å²) in [6.45, 7) is 5.89. The predicted octanol–water partition coefficient (Wildman–Crippen LogP) is 5.57. The standard InChI is InChI=1S/C19H23Cl2N3OS/c1-2-23-9-7-15(8-10-23)24(13-16-4-3-11-26-16)19(25)22-18-12-14(20)5-6-17(18)21/h3-6,11-12,15H,2,7-10,13H2,1H3,(H,22,25). The van der Waals surface area contributed by atoms with E-state index in [-0.39, 0.29) is 12.1 Å². The summed E-state index contributed by atoms with van der Waals surface area (Å²) in [5, 5.41) is 6.02. The average Bonchev–Trinajstić information content (AvgIpc) is 3.16. The van der Waals surface area contributed by atoms with E-state index < -0.39 is 0 Å². The van der Waals surface area contributed by atoms with Crippen LogP contribution in [0.2, 0.25) is 10.0 Å². The van der Waals surface area contributed by atoms with Gasteiger partial charge in [-0.1, -0.05) is 36.2 Å². The quantitative estimate of drug-likeness (QED) is 0.697. The van der Waals surface area contributed by atoms with Crippen LogP contribution in [-0.2, 0) is 6.54 Å². The molecule has 1 aromatic carbocycles. The fourth-order valence-electron chi connectivity index (χ4n) is 3.26. The molecule has 0 unspecified atom stereocenters. The van der Waals surface area contributed by atoms with Gasteiger partial charge >= 0.3 is 6.03 Å². The second-order valence-corrected chi connectivity index (χ2v) is 8.30. The van der Waals surface area contributed by atoms with Crippen LogP contribution >= 0.6 is 34.5 Å². The Kier molecular flexibility index (Phi) is 6.81. The fraction of sp³-hybridized carbons (Fsp3) is 0.421. The number of carbonyl (C=O) groups is 1. The number of nitrogens with zero attached hydrogens (tertiary/aromatic N) is 2. The van der Waals surface area contributed by atoms with Gasteiger partial charge in [-0.25, -0.2) is 4.79 Å². The van der Waals surface area contributed by atoms with Crippen molar-refractivity contribution in [1.29, 1.82) is 0 Å². The van der Waals surface area contributed by atoms with Crippen LogP contribution in [0, 0.1) is 0 Å². The lowest BCUT2D eigenvalue weighted by atomic mass is 10.0. The Morgan fingerprint density at radius 1 is 1.31 bits per heavy atom. The molecule has 1 N–H and O–H groups in total. The zero-order valence-electron chi connectivity index (χ0n) is 14.8. The Bertz CT molecular complexity index is 730. The van der Waals surface area contributed by atoms with E-state index in [0.29, 0.717) is 22.3 Å². The first-order valence-electron chi connectivity index (χ1n) is 8.84. The molecule has 0 saturated carbocycles. The molecule has 0 spiro atoms. The van der Waals surface area contributed by atoms with Gasteiger partial charge in [0.1, 0.15) is 0 Å². The van der Waals surface area contributed by atoms with E-state index in [4.69, 9.17) is 23.2 Å². The molecule has 3 rings (SSSR count). The number of benzene rings is 1. The average molecular weight is 412 g/mol. The maximum absolute atomic E-state index is 13.1. The van der Waals surface area contributed by atoms with Crippen LogP contribution in [0.4, 0.5) is 10.5 Å². The number of halogens is 2. The normalized spacial score (nSPS) is 15.8. The Balaban J connectivity index is 1.75. The van der Waals surface area contributed by atoms with Crippen LogP contribution in [0.25, 0.3) is 0 Å². The number of hydrogen-bond donors (Lipinski definition) is 1. The van der Waals surface area contributed by atoms with Gasteiger partial charge in [-0.15, -0.1) is 11.3 Å². The molecule has 1 aliphatic heterocycles. The number of anilines is 1. The topological polar surface area (TPSA) is 35.6 Å². The predicted molar refractivity (Wildman–Crippen MR) is 110 cm³/mol. The summed E-state index contributed by atoms with van der Waals surface area (Å²) >= 11 is 13.9. The highest BCUT2D eigenvalue weighted by molar-refractivity contribution is 7.09. The fourth-order valence-corrected chi connectivity index (χ4v) is 4.30. The number of urea groups is 1. The summed E-state index contributed by atoms with van der Waals surface area (Å²) in [5.41, 5.74) is 0.548. The summed E-state index contributed by atoms with van der Waals surface area (Å²) in [6, 6.07) is 9.27. The van der Waals surface area contributed by atoms with Crippen molar-refractivity contribution < 1.29 is 4.79 Å². The molecule has 2 heterocycles. The minimum atomic E-state index is -0.127. The first-order chi connectivity index (χ1) is 12.6. The Morgan fingerprint density at radius 3 is 2.73 bits per heavy atom. The molecule has 1 aromatic heterocycles. The summed E-state index contributed by atoms with van der Waals surface area (Å²) < 4.78 is 0. The number of piperidine rings is 1. The summed E-state index contributed by atoms with van der Waals surface area (Å²) in [7, 11) is 0. The van der Waals surface area contributed by atoms with E-state index in [1.54, 1.807) is 29.5 Å². The van der Waals surface area contributed by atoms with Crippen molar-refractivity contribution in [3.8, 4) is 0 Å². The van der Waals surface area contributed by atoms with Gasteiger partial charge in [0, 0.05) is 29.0 Å². The lowest BCUT2D eigenvalue weighted by Crippen LogP contribution is -2.48. The number of nitrogens with one attached hydrogen (secondary N) is 1. The number of likely N-dealkylation sites (tertiary alicyclic amines) is 1. The van der Waals surface area contributed by atoms with E-state index in [2.05, 4.69) is 23.2 Å². The minimum Gasteiger partial charge on any atom is -0.316 e. The molecule has 2 aromatic rings. The molecule has 0 radical (unpaired) electrons. The molecule has 4 nitrogen and oxygen atoms in total. The third-order valence-corrected chi connectivity index (χ3v) is 6.21. The molecule has 140 valence electrons. The summed E-state index contributed by atoms with van der Waals surface area (Å²) in [5.74, 6) is 0. The van der Waals surface area contributed by atoms with Gasteiger partial charge in [0.25, 0.3) is 0 Å². The zero-order valence-corrected chi connectivity index (χ0v) is 17.1. The van der Waals surface area contributed by atoms with E-state index in [0.717, 1.165) is 32.5 Å². The van der Waals surface area contributed by atoms with Crippen LogP contribution in [0.15, 0.2) is 35.7 Å². The highest BCUT2D eigenvalue weighted by Crippen LogP contribution is 2.27. The molecule has 1 aliphatic rings. The van der Waals surface area contributed by atoms with Crippen molar-refractivity contribution >= 4 is 46.3 Å². The van der Waals surface area contributed by atoms with Crippen molar-refractivity contribution in [3.63, 3.8) is 0 Å². The molecular formula is C19H23Cl2N3OS. The highest BCUT2D eigenvalue weighted by atomic mass is 35.5. The van der Waals surface area contributed by atoms with E-state index in [9.17, 15) is 4.79 Å². The Hall–Kier alpha value is -1.27. The van der Waals surface area contributed by atoms with Gasteiger partial charge in [-0.2, -0.15) is 0 Å². The third kappa shape index (κ3) is 4.92. The first-order valence-corrected chi connectivity index (χ1v) is 10.5. The largest absolute Gasteiger partial charge is 0.322 e. The SMILES string of the molecule is CCN1CCC(N(Cc2cccs2)C(=O)Nc2cc(Cl)ccc2Cl)CC1. The number of rotatable bonds is 5. The Morgan fingerprint density at radius 2 is 2.08 bits per heavy atom. The van der Waals surface area contributed by atoms with E-state index in [1.165, 1.54) is 4.88 Å². The molecule has 1 fully saturated rings. The maximum Gasteiger partial charge on any atom is 0.322 e. The van der Waals surface area contributed by atoms with Crippen LogP contribution < -0.4 is 5.32 Å². The van der Waals surface area contributed by atoms with Crippen molar-refractivity contribution in [2.45, 2.75) is 32.4 Å². The van der Waals surface area contributed by atoms with Gasteiger partial charge in [0.2, 0.25) is 0 Å². The lowest BCUT2D eigenvalue weighted by Gasteiger charge is -2.38. The second-order valence-electron chi connectivity index (χ2n) is 6.43. The van der Waals surface area contributed by atoms with Crippen LogP contribution in [-0.4, -0.2) is 41.5 Å². The number of thiophene rings is 1. The number of carbonyl (C=O) groups excluding carboxylic acids is 1. The van der Waals surface area contributed by atoms with Crippen LogP contribution in [0.5, 0.6) is 0 Å². The molecule has 0 aliphatic carbocycles.